The first-order valence-corrected chi connectivity index (χ1v) is 6.16. The Balaban J connectivity index is 2.49. The SMILES string of the molecule is Fc1cccc(N=c2ssnc2Cl)c1. The molecule has 0 aliphatic carbocycles. The van der Waals surface area contributed by atoms with E-state index >= 15 is 0 Å². The van der Waals surface area contributed by atoms with Crippen LogP contribution in [0.4, 0.5) is 10.1 Å². The van der Waals surface area contributed by atoms with Gasteiger partial charge in [-0.15, -0.1) is 0 Å². The monoisotopic (exact) mass is 246 g/mol. The van der Waals surface area contributed by atoms with Gasteiger partial charge >= 0.3 is 0 Å². The first kappa shape index (κ1) is 9.76. The zero-order valence-electron chi connectivity index (χ0n) is 6.78. The molecular weight excluding hydrogens is 243 g/mol. The Bertz CT molecular complexity index is 506. The van der Waals surface area contributed by atoms with E-state index in [0.717, 1.165) is 0 Å². The second kappa shape index (κ2) is 4.16. The summed E-state index contributed by atoms with van der Waals surface area (Å²) in [6.45, 7) is 0. The third kappa shape index (κ3) is 2.17. The van der Waals surface area contributed by atoms with Gasteiger partial charge in [-0.05, 0) is 28.5 Å². The van der Waals surface area contributed by atoms with E-state index in [1.807, 2.05) is 0 Å². The smallest absolute Gasteiger partial charge is 0.179 e. The highest BCUT2D eigenvalue weighted by atomic mass is 35.5. The Morgan fingerprint density at radius 1 is 1.43 bits per heavy atom. The highest BCUT2D eigenvalue weighted by molar-refractivity contribution is 7.66. The van der Waals surface area contributed by atoms with Crippen LogP contribution in [-0.4, -0.2) is 4.37 Å². The summed E-state index contributed by atoms with van der Waals surface area (Å²) in [6, 6.07) is 6.03. The van der Waals surface area contributed by atoms with Crippen LogP contribution in [0, 0.1) is 5.82 Å². The molecule has 2 rings (SSSR count). The van der Waals surface area contributed by atoms with Gasteiger partial charge < -0.3 is 0 Å². The molecule has 14 heavy (non-hydrogen) atoms. The molecule has 0 bridgehead atoms. The van der Waals surface area contributed by atoms with Crippen molar-refractivity contribution in [1.29, 1.82) is 0 Å². The van der Waals surface area contributed by atoms with Gasteiger partial charge in [-0.2, -0.15) is 4.37 Å². The molecule has 0 unspecified atom stereocenters. The minimum Gasteiger partial charge on any atom is -0.234 e. The predicted octanol–water partition coefficient (Wildman–Crippen LogP) is 3.23. The van der Waals surface area contributed by atoms with Crippen molar-refractivity contribution in [2.24, 2.45) is 4.99 Å². The van der Waals surface area contributed by atoms with E-state index in [2.05, 4.69) is 9.37 Å². The highest BCUT2D eigenvalue weighted by Crippen LogP contribution is 2.14. The van der Waals surface area contributed by atoms with E-state index in [0.29, 0.717) is 15.5 Å². The predicted molar refractivity (Wildman–Crippen MR) is 56.6 cm³/mol. The topological polar surface area (TPSA) is 25.2 Å². The Morgan fingerprint density at radius 2 is 2.29 bits per heavy atom. The van der Waals surface area contributed by atoms with Crippen LogP contribution in [-0.2, 0) is 0 Å². The average Bonchev–Trinajstić information content (AvgIpc) is 2.52. The van der Waals surface area contributed by atoms with E-state index in [4.69, 9.17) is 11.6 Å². The van der Waals surface area contributed by atoms with Crippen molar-refractivity contribution in [3.63, 3.8) is 0 Å². The largest absolute Gasteiger partial charge is 0.234 e. The standard InChI is InChI=1S/C8H4ClFN2S2/c9-7-8(13-14-12-7)11-6-3-1-2-5(10)4-6/h1-4H. The molecule has 0 N–H and O–H groups in total. The minimum atomic E-state index is -0.310. The summed E-state index contributed by atoms with van der Waals surface area (Å²) >= 11 is 5.75. The van der Waals surface area contributed by atoms with Crippen LogP contribution >= 0.6 is 32.5 Å². The molecule has 2 aromatic rings. The van der Waals surface area contributed by atoms with E-state index in [9.17, 15) is 4.39 Å². The van der Waals surface area contributed by atoms with Crippen molar-refractivity contribution in [2.45, 2.75) is 0 Å². The molecule has 1 aromatic heterocycles. The van der Waals surface area contributed by atoms with Crippen LogP contribution in [0.25, 0.3) is 0 Å². The number of rotatable bonds is 1. The van der Waals surface area contributed by atoms with Gasteiger partial charge in [0.25, 0.3) is 0 Å². The highest BCUT2D eigenvalue weighted by Gasteiger charge is 1.97. The first-order valence-electron chi connectivity index (χ1n) is 3.67. The molecule has 2 nitrogen and oxygen atoms in total. The number of halogens is 2. The number of hydrogen-bond donors (Lipinski definition) is 0. The number of nitrogens with zero attached hydrogens (tertiary/aromatic N) is 2. The Hall–Kier alpha value is -0.780. The third-order valence-corrected chi connectivity index (χ3v) is 3.62. The van der Waals surface area contributed by atoms with Gasteiger partial charge in [0, 0.05) is 10.5 Å². The number of aromatic nitrogens is 1. The van der Waals surface area contributed by atoms with Crippen LogP contribution in [0.3, 0.4) is 0 Å². The number of hydrogen-bond acceptors (Lipinski definition) is 4. The molecule has 0 amide bonds. The van der Waals surface area contributed by atoms with Gasteiger partial charge in [-0.25, -0.2) is 9.38 Å². The van der Waals surface area contributed by atoms with Gasteiger partial charge in [0.2, 0.25) is 0 Å². The molecule has 0 aliphatic rings. The minimum absolute atomic E-state index is 0.310. The lowest BCUT2D eigenvalue weighted by Crippen LogP contribution is -1.92. The normalized spacial score (nSPS) is 12.0. The summed E-state index contributed by atoms with van der Waals surface area (Å²) in [6.07, 6.45) is 0. The molecule has 0 saturated carbocycles. The van der Waals surface area contributed by atoms with E-state index < -0.39 is 0 Å². The van der Waals surface area contributed by atoms with Crippen LogP contribution in [0.15, 0.2) is 29.3 Å². The van der Waals surface area contributed by atoms with Crippen LogP contribution in [0.5, 0.6) is 0 Å². The average molecular weight is 247 g/mol. The summed E-state index contributed by atoms with van der Waals surface area (Å²) < 4.78 is 17.3. The first-order chi connectivity index (χ1) is 6.75. The lowest BCUT2D eigenvalue weighted by Gasteiger charge is -1.90. The molecule has 1 aromatic carbocycles. The van der Waals surface area contributed by atoms with Crippen LogP contribution < -0.4 is 4.67 Å². The molecule has 0 atom stereocenters. The quantitative estimate of drug-likeness (QED) is 0.710. The zero-order valence-corrected chi connectivity index (χ0v) is 9.17. The Labute approximate surface area is 91.9 Å². The Morgan fingerprint density at radius 3 is 2.93 bits per heavy atom. The molecule has 1 heterocycles. The summed E-state index contributed by atoms with van der Waals surface area (Å²) in [5.41, 5.74) is 0.545. The molecule has 0 fully saturated rings. The molecule has 0 aliphatic heterocycles. The fourth-order valence-corrected chi connectivity index (χ4v) is 2.88. The molecular formula is C8H4ClFN2S2. The van der Waals surface area contributed by atoms with Gasteiger partial charge in [-0.1, -0.05) is 17.7 Å². The van der Waals surface area contributed by atoms with Crippen LogP contribution in [0.1, 0.15) is 0 Å². The maximum absolute atomic E-state index is 12.8. The molecule has 72 valence electrons. The van der Waals surface area contributed by atoms with Crippen molar-refractivity contribution >= 4 is 38.2 Å². The van der Waals surface area contributed by atoms with E-state index in [1.165, 1.54) is 33.0 Å². The second-order valence-electron chi connectivity index (χ2n) is 2.44. The summed E-state index contributed by atoms with van der Waals surface area (Å²) in [5, 5.41) is 0.365. The van der Waals surface area contributed by atoms with Crippen molar-refractivity contribution in [1.82, 2.24) is 4.37 Å². The lowest BCUT2D eigenvalue weighted by molar-refractivity contribution is 0.628. The van der Waals surface area contributed by atoms with E-state index in [-0.39, 0.29) is 5.82 Å². The maximum atomic E-state index is 12.8. The van der Waals surface area contributed by atoms with E-state index in [1.54, 1.807) is 12.1 Å². The molecule has 0 saturated heterocycles. The third-order valence-electron chi connectivity index (χ3n) is 1.45. The maximum Gasteiger partial charge on any atom is 0.179 e. The fraction of sp³-hybridized carbons (Fsp3) is 0. The molecule has 0 radical (unpaired) electrons. The fourth-order valence-electron chi connectivity index (χ4n) is 0.888. The summed E-state index contributed by atoms with van der Waals surface area (Å²) in [7, 11) is 2.62. The van der Waals surface area contributed by atoms with Gasteiger partial charge in [-0.3, -0.25) is 0 Å². The van der Waals surface area contributed by atoms with Crippen molar-refractivity contribution in [2.75, 3.05) is 0 Å². The van der Waals surface area contributed by atoms with Gasteiger partial charge in [0.1, 0.15) is 5.82 Å². The van der Waals surface area contributed by atoms with Gasteiger partial charge in [0.15, 0.2) is 9.82 Å². The molecule has 0 spiro atoms. The molecule has 6 heteroatoms. The lowest BCUT2D eigenvalue weighted by atomic mass is 10.3. The van der Waals surface area contributed by atoms with Crippen LogP contribution in [0.2, 0.25) is 5.15 Å². The van der Waals surface area contributed by atoms with Crippen molar-refractivity contribution in [3.05, 3.63) is 39.9 Å². The van der Waals surface area contributed by atoms with Gasteiger partial charge in [0.05, 0.1) is 5.69 Å². The second-order valence-corrected chi connectivity index (χ2v) is 4.63. The number of benzene rings is 1. The zero-order chi connectivity index (χ0) is 9.97. The van der Waals surface area contributed by atoms with Crippen molar-refractivity contribution < 1.29 is 4.39 Å². The summed E-state index contributed by atoms with van der Waals surface area (Å²) in [4.78, 5) is 4.16. The Kier molecular flexibility index (Phi) is 2.90. The van der Waals surface area contributed by atoms with Crippen molar-refractivity contribution in [3.8, 4) is 0 Å². The summed E-state index contributed by atoms with van der Waals surface area (Å²) in [5.74, 6) is -0.310.